The number of carbonyl (C=O) groups is 1. The lowest BCUT2D eigenvalue weighted by atomic mass is 10.1. The highest BCUT2D eigenvalue weighted by Crippen LogP contribution is 2.14. The molecule has 2 heterocycles. The van der Waals surface area contributed by atoms with E-state index in [2.05, 4.69) is 15.5 Å². The van der Waals surface area contributed by atoms with Gasteiger partial charge in [0.1, 0.15) is 0 Å². The standard InChI is InChI=1S/C8H8N4O2/c1-5(8(13)14)6-3-2-4-7-9-10-11-12(6)7/h2-5H,1H3,(H,13,14). The van der Waals surface area contributed by atoms with E-state index in [9.17, 15) is 4.79 Å². The van der Waals surface area contributed by atoms with Gasteiger partial charge in [0, 0.05) is 0 Å². The fourth-order valence-corrected chi connectivity index (χ4v) is 1.24. The van der Waals surface area contributed by atoms with E-state index in [1.807, 2.05) is 0 Å². The van der Waals surface area contributed by atoms with Crippen LogP contribution in [0.4, 0.5) is 0 Å². The summed E-state index contributed by atoms with van der Waals surface area (Å²) in [6.07, 6.45) is 0. The second-order valence-corrected chi connectivity index (χ2v) is 2.96. The summed E-state index contributed by atoms with van der Waals surface area (Å²) >= 11 is 0. The summed E-state index contributed by atoms with van der Waals surface area (Å²) < 4.78 is 1.43. The number of carboxylic acids is 1. The van der Waals surface area contributed by atoms with Crippen LogP contribution in [0.1, 0.15) is 18.5 Å². The molecule has 72 valence electrons. The largest absolute Gasteiger partial charge is 0.481 e. The van der Waals surface area contributed by atoms with Crippen molar-refractivity contribution in [1.82, 2.24) is 20.0 Å². The first-order valence-corrected chi connectivity index (χ1v) is 4.10. The number of rotatable bonds is 2. The van der Waals surface area contributed by atoms with Crippen molar-refractivity contribution in [2.24, 2.45) is 0 Å². The Labute approximate surface area is 79.2 Å². The zero-order valence-electron chi connectivity index (χ0n) is 7.45. The number of aromatic nitrogens is 4. The molecule has 1 atom stereocenters. The highest BCUT2D eigenvalue weighted by molar-refractivity contribution is 5.75. The number of tetrazole rings is 1. The van der Waals surface area contributed by atoms with Gasteiger partial charge in [-0.1, -0.05) is 6.07 Å². The number of carboxylic acid groups (broad SMARTS) is 1. The first-order valence-electron chi connectivity index (χ1n) is 4.10. The molecule has 6 heteroatoms. The Morgan fingerprint density at radius 2 is 2.36 bits per heavy atom. The summed E-state index contributed by atoms with van der Waals surface area (Å²) in [4.78, 5) is 10.8. The third-order valence-electron chi connectivity index (χ3n) is 2.06. The molecule has 1 N–H and O–H groups in total. The minimum absolute atomic E-state index is 0.551. The predicted molar refractivity (Wildman–Crippen MR) is 46.8 cm³/mol. The molecule has 14 heavy (non-hydrogen) atoms. The molecule has 0 spiro atoms. The van der Waals surface area contributed by atoms with E-state index in [0.717, 1.165) is 0 Å². The molecule has 0 aliphatic carbocycles. The van der Waals surface area contributed by atoms with Crippen LogP contribution in [0.2, 0.25) is 0 Å². The van der Waals surface area contributed by atoms with Gasteiger partial charge in [0.05, 0.1) is 11.6 Å². The van der Waals surface area contributed by atoms with Crippen LogP contribution < -0.4 is 0 Å². The molecule has 6 nitrogen and oxygen atoms in total. The smallest absolute Gasteiger partial charge is 0.312 e. The highest BCUT2D eigenvalue weighted by atomic mass is 16.4. The van der Waals surface area contributed by atoms with Gasteiger partial charge in [-0.3, -0.25) is 4.79 Å². The summed E-state index contributed by atoms with van der Waals surface area (Å²) in [7, 11) is 0. The quantitative estimate of drug-likeness (QED) is 0.740. The summed E-state index contributed by atoms with van der Waals surface area (Å²) in [6.45, 7) is 1.60. The lowest BCUT2D eigenvalue weighted by Crippen LogP contribution is -2.12. The molecule has 1 unspecified atom stereocenters. The molecule has 0 aliphatic heterocycles. The molecule has 0 saturated heterocycles. The van der Waals surface area contributed by atoms with Crippen molar-refractivity contribution in [3.05, 3.63) is 23.9 Å². The number of nitrogens with zero attached hydrogens (tertiary/aromatic N) is 4. The second-order valence-electron chi connectivity index (χ2n) is 2.96. The van der Waals surface area contributed by atoms with Crippen LogP contribution in [0, 0.1) is 0 Å². The summed E-state index contributed by atoms with van der Waals surface area (Å²) in [5.41, 5.74) is 1.12. The number of pyridine rings is 1. The van der Waals surface area contributed by atoms with Crippen molar-refractivity contribution in [1.29, 1.82) is 0 Å². The molecule has 0 radical (unpaired) electrons. The topological polar surface area (TPSA) is 80.4 Å². The third-order valence-corrected chi connectivity index (χ3v) is 2.06. The van der Waals surface area contributed by atoms with Gasteiger partial charge in [0.2, 0.25) is 0 Å². The van der Waals surface area contributed by atoms with E-state index in [1.165, 1.54) is 4.52 Å². The van der Waals surface area contributed by atoms with E-state index in [-0.39, 0.29) is 0 Å². The Kier molecular flexibility index (Phi) is 1.88. The number of hydrogen-bond acceptors (Lipinski definition) is 4. The Morgan fingerprint density at radius 3 is 3.07 bits per heavy atom. The molecule has 2 rings (SSSR count). The van der Waals surface area contributed by atoms with Gasteiger partial charge in [-0.2, -0.15) is 4.52 Å². The molecular formula is C8H8N4O2. The van der Waals surface area contributed by atoms with Gasteiger partial charge in [0.15, 0.2) is 5.65 Å². The average Bonchev–Trinajstić information content (AvgIpc) is 2.63. The number of aliphatic carboxylic acids is 1. The second kappa shape index (κ2) is 3.06. The van der Waals surface area contributed by atoms with E-state index in [1.54, 1.807) is 25.1 Å². The van der Waals surface area contributed by atoms with E-state index < -0.39 is 11.9 Å². The Hall–Kier alpha value is -1.98. The SMILES string of the molecule is CC(C(=O)O)c1cccc2nnnn12. The summed E-state index contributed by atoms with van der Waals surface area (Å²) in [5.74, 6) is -1.52. The fraction of sp³-hybridized carbons (Fsp3) is 0.250. The molecule has 0 bridgehead atoms. The van der Waals surface area contributed by atoms with Crippen molar-refractivity contribution in [3.8, 4) is 0 Å². The van der Waals surface area contributed by atoms with Crippen molar-refractivity contribution in [3.63, 3.8) is 0 Å². The molecule has 0 saturated carbocycles. The molecule has 0 fully saturated rings. The van der Waals surface area contributed by atoms with Crippen LogP contribution in [0.5, 0.6) is 0 Å². The molecule has 0 aliphatic rings. The van der Waals surface area contributed by atoms with Crippen molar-refractivity contribution >= 4 is 11.6 Å². The van der Waals surface area contributed by atoms with Crippen molar-refractivity contribution in [2.75, 3.05) is 0 Å². The normalized spacial score (nSPS) is 12.9. The summed E-state index contributed by atoms with van der Waals surface area (Å²) in [6, 6.07) is 5.15. The zero-order chi connectivity index (χ0) is 10.1. The fourth-order valence-electron chi connectivity index (χ4n) is 1.24. The van der Waals surface area contributed by atoms with Crippen LogP contribution in [0.15, 0.2) is 18.2 Å². The number of hydrogen-bond donors (Lipinski definition) is 1. The molecule has 2 aromatic heterocycles. The van der Waals surface area contributed by atoms with Gasteiger partial charge in [-0.25, -0.2) is 0 Å². The zero-order valence-corrected chi connectivity index (χ0v) is 7.45. The Morgan fingerprint density at radius 1 is 1.57 bits per heavy atom. The van der Waals surface area contributed by atoms with E-state index in [0.29, 0.717) is 11.3 Å². The lowest BCUT2D eigenvalue weighted by Gasteiger charge is -2.06. The highest BCUT2D eigenvalue weighted by Gasteiger charge is 2.17. The minimum atomic E-state index is -0.895. The molecule has 0 aromatic carbocycles. The minimum Gasteiger partial charge on any atom is -0.481 e. The number of fused-ring (bicyclic) bond motifs is 1. The summed E-state index contributed by atoms with van der Waals surface area (Å²) in [5, 5.41) is 19.8. The Bertz CT molecular complexity index is 479. The molecule has 0 amide bonds. The molecular weight excluding hydrogens is 184 g/mol. The van der Waals surface area contributed by atoms with E-state index in [4.69, 9.17) is 5.11 Å². The van der Waals surface area contributed by atoms with Crippen LogP contribution in [0.25, 0.3) is 5.65 Å². The predicted octanol–water partition coefficient (Wildman–Crippen LogP) is 0.312. The van der Waals surface area contributed by atoms with Gasteiger partial charge in [0.25, 0.3) is 0 Å². The monoisotopic (exact) mass is 192 g/mol. The van der Waals surface area contributed by atoms with Gasteiger partial charge < -0.3 is 5.11 Å². The molecule has 2 aromatic rings. The van der Waals surface area contributed by atoms with Crippen LogP contribution in [-0.4, -0.2) is 31.1 Å². The maximum Gasteiger partial charge on any atom is 0.312 e. The lowest BCUT2D eigenvalue weighted by molar-refractivity contribution is -0.138. The van der Waals surface area contributed by atoms with Crippen LogP contribution in [-0.2, 0) is 4.79 Å². The van der Waals surface area contributed by atoms with E-state index >= 15 is 0 Å². The van der Waals surface area contributed by atoms with Gasteiger partial charge in [-0.15, -0.1) is 5.10 Å². The Balaban J connectivity index is 2.61. The first-order chi connectivity index (χ1) is 6.70. The van der Waals surface area contributed by atoms with Crippen molar-refractivity contribution in [2.45, 2.75) is 12.8 Å². The first kappa shape index (κ1) is 8.61. The average molecular weight is 192 g/mol. The van der Waals surface area contributed by atoms with Gasteiger partial charge >= 0.3 is 5.97 Å². The maximum atomic E-state index is 10.8. The third kappa shape index (κ3) is 1.20. The van der Waals surface area contributed by atoms with Crippen LogP contribution >= 0.6 is 0 Å². The van der Waals surface area contributed by atoms with Crippen molar-refractivity contribution < 1.29 is 9.90 Å². The van der Waals surface area contributed by atoms with Gasteiger partial charge in [-0.05, 0) is 29.5 Å². The maximum absolute atomic E-state index is 10.8. The van der Waals surface area contributed by atoms with Crippen LogP contribution in [0.3, 0.4) is 0 Å².